The maximum atomic E-state index is 12.3. The van der Waals surface area contributed by atoms with Crippen molar-refractivity contribution in [2.24, 2.45) is 14.1 Å². The Morgan fingerprint density at radius 1 is 0.793 bits per heavy atom. The van der Waals surface area contributed by atoms with E-state index in [0.29, 0.717) is 16.8 Å². The number of nitrogens with zero attached hydrogens (tertiary/aromatic N) is 5. The molecule has 0 saturated heterocycles. The molecule has 8 heteroatoms. The zero-order chi connectivity index (χ0) is 20.9. The number of aryl methyl sites for hydroxylation is 3. The van der Waals surface area contributed by atoms with Crippen LogP contribution in [0, 0.1) is 20.8 Å². The van der Waals surface area contributed by atoms with Gasteiger partial charge in [-0.15, -0.1) is 0 Å². The average molecular weight is 390 g/mol. The molecule has 0 aliphatic rings. The van der Waals surface area contributed by atoms with Gasteiger partial charge in [-0.05, 0) is 44.5 Å². The van der Waals surface area contributed by atoms with Crippen molar-refractivity contribution in [1.29, 1.82) is 0 Å². The Balaban J connectivity index is 1.81. The highest BCUT2D eigenvalue weighted by Gasteiger charge is 2.14. The lowest BCUT2D eigenvalue weighted by Crippen LogP contribution is -2.23. The van der Waals surface area contributed by atoms with Crippen LogP contribution in [0.4, 0.5) is 11.4 Å². The van der Waals surface area contributed by atoms with Gasteiger partial charge in [0.15, 0.2) is 0 Å². The summed E-state index contributed by atoms with van der Waals surface area (Å²) in [5.41, 5.74) is 5.36. The van der Waals surface area contributed by atoms with Gasteiger partial charge in [-0.1, -0.05) is 0 Å². The Morgan fingerprint density at radius 2 is 1.45 bits per heavy atom. The minimum atomic E-state index is -0.131. The predicted octanol–water partition coefficient (Wildman–Crippen LogP) is 2.49. The zero-order valence-corrected chi connectivity index (χ0v) is 17.0. The lowest BCUT2D eigenvalue weighted by molar-refractivity contribution is 0.695. The highest BCUT2D eigenvalue weighted by molar-refractivity contribution is 5.90. The number of hydrogen-bond acceptors (Lipinski definition) is 5. The van der Waals surface area contributed by atoms with Gasteiger partial charge in [0.2, 0.25) is 0 Å². The van der Waals surface area contributed by atoms with E-state index in [2.05, 4.69) is 15.5 Å². The molecule has 0 spiro atoms. The molecule has 4 aromatic rings. The smallest absolute Gasteiger partial charge is 0.271 e. The molecule has 0 atom stereocenters. The largest absolute Gasteiger partial charge is 0.354 e. The number of benzene rings is 1. The summed E-state index contributed by atoms with van der Waals surface area (Å²) < 4.78 is 4.62. The SMILES string of the molecule is Cc1c(Nc2ccc3c(ccn3-c3cnn(C)c(=O)c3C)c2C)cnn(C)c1=O. The Labute approximate surface area is 167 Å². The van der Waals surface area contributed by atoms with Crippen molar-refractivity contribution in [2.45, 2.75) is 20.8 Å². The van der Waals surface area contributed by atoms with Crippen LogP contribution in [0.2, 0.25) is 0 Å². The summed E-state index contributed by atoms with van der Waals surface area (Å²) in [6.45, 7) is 5.61. The number of aromatic nitrogens is 5. The number of hydrogen-bond donors (Lipinski definition) is 1. The molecule has 0 fully saturated rings. The van der Waals surface area contributed by atoms with Crippen LogP contribution < -0.4 is 16.4 Å². The van der Waals surface area contributed by atoms with E-state index in [0.717, 1.165) is 27.8 Å². The van der Waals surface area contributed by atoms with E-state index in [-0.39, 0.29) is 11.1 Å². The van der Waals surface area contributed by atoms with E-state index in [9.17, 15) is 9.59 Å². The van der Waals surface area contributed by atoms with Crippen molar-refractivity contribution in [3.8, 4) is 5.69 Å². The van der Waals surface area contributed by atoms with Crippen LogP contribution in [0.15, 0.2) is 46.4 Å². The average Bonchev–Trinajstić information content (AvgIpc) is 3.13. The summed E-state index contributed by atoms with van der Waals surface area (Å²) in [6, 6.07) is 5.97. The van der Waals surface area contributed by atoms with Gasteiger partial charge in [-0.3, -0.25) is 9.59 Å². The maximum Gasteiger partial charge on any atom is 0.271 e. The monoisotopic (exact) mass is 390 g/mol. The fraction of sp³-hybridized carbons (Fsp3) is 0.238. The molecule has 3 heterocycles. The number of rotatable bonds is 3. The zero-order valence-electron chi connectivity index (χ0n) is 17.0. The molecule has 29 heavy (non-hydrogen) atoms. The molecule has 3 aromatic heterocycles. The Morgan fingerprint density at radius 3 is 2.17 bits per heavy atom. The quantitative estimate of drug-likeness (QED) is 0.581. The molecule has 0 unspecified atom stereocenters. The minimum Gasteiger partial charge on any atom is -0.354 e. The highest BCUT2D eigenvalue weighted by Crippen LogP contribution is 2.30. The Kier molecular flexibility index (Phi) is 4.34. The number of fused-ring (bicyclic) bond motifs is 1. The van der Waals surface area contributed by atoms with Gasteiger partial charge in [-0.2, -0.15) is 10.2 Å². The Hall–Kier alpha value is -3.68. The first-order chi connectivity index (χ1) is 13.8. The summed E-state index contributed by atoms with van der Waals surface area (Å²) in [4.78, 5) is 24.4. The molecule has 4 rings (SSSR count). The minimum absolute atomic E-state index is 0.118. The first kappa shape index (κ1) is 18.7. The molecule has 148 valence electrons. The fourth-order valence-electron chi connectivity index (χ4n) is 3.52. The summed E-state index contributed by atoms with van der Waals surface area (Å²) in [5, 5.41) is 12.6. The van der Waals surface area contributed by atoms with Gasteiger partial charge >= 0.3 is 0 Å². The van der Waals surface area contributed by atoms with Crippen LogP contribution >= 0.6 is 0 Å². The van der Waals surface area contributed by atoms with E-state index in [1.807, 2.05) is 35.9 Å². The molecule has 0 saturated carbocycles. The van der Waals surface area contributed by atoms with Crippen LogP contribution in [-0.4, -0.2) is 24.1 Å². The van der Waals surface area contributed by atoms with Crippen molar-refractivity contribution < 1.29 is 0 Å². The van der Waals surface area contributed by atoms with Gasteiger partial charge in [-0.25, -0.2) is 9.36 Å². The summed E-state index contributed by atoms with van der Waals surface area (Å²) in [5.74, 6) is 0. The van der Waals surface area contributed by atoms with Gasteiger partial charge < -0.3 is 9.88 Å². The standard InChI is InChI=1S/C21H22N6O2/c1-12-15-8-9-27(19-11-23-26(5)21(29)14(19)3)18(15)7-6-16(12)24-17-10-22-25(4)20(28)13(17)2/h6-11,24H,1-5H3. The van der Waals surface area contributed by atoms with Crippen LogP contribution in [-0.2, 0) is 14.1 Å². The Bertz CT molecular complexity index is 1380. The molecule has 1 aromatic carbocycles. The van der Waals surface area contributed by atoms with E-state index in [1.54, 1.807) is 40.3 Å². The number of nitrogens with one attached hydrogen (secondary N) is 1. The third-order valence-electron chi connectivity index (χ3n) is 5.40. The summed E-state index contributed by atoms with van der Waals surface area (Å²) in [6.07, 6.45) is 5.29. The van der Waals surface area contributed by atoms with E-state index in [1.165, 1.54) is 9.36 Å². The van der Waals surface area contributed by atoms with Crippen molar-refractivity contribution in [1.82, 2.24) is 24.1 Å². The van der Waals surface area contributed by atoms with E-state index in [4.69, 9.17) is 0 Å². The van der Waals surface area contributed by atoms with E-state index >= 15 is 0 Å². The normalized spacial score (nSPS) is 11.2. The number of anilines is 2. The van der Waals surface area contributed by atoms with Crippen molar-refractivity contribution in [2.75, 3.05) is 5.32 Å². The second-order valence-electron chi connectivity index (χ2n) is 7.18. The summed E-state index contributed by atoms with van der Waals surface area (Å²) >= 11 is 0. The third-order valence-corrected chi connectivity index (χ3v) is 5.40. The van der Waals surface area contributed by atoms with Crippen LogP contribution in [0.5, 0.6) is 0 Å². The van der Waals surface area contributed by atoms with Crippen molar-refractivity contribution in [3.63, 3.8) is 0 Å². The summed E-state index contributed by atoms with van der Waals surface area (Å²) in [7, 11) is 3.27. The second-order valence-corrected chi connectivity index (χ2v) is 7.18. The molecule has 0 amide bonds. The lowest BCUT2D eigenvalue weighted by Gasteiger charge is -2.14. The topological polar surface area (TPSA) is 86.7 Å². The van der Waals surface area contributed by atoms with Gasteiger partial charge in [0.25, 0.3) is 11.1 Å². The lowest BCUT2D eigenvalue weighted by atomic mass is 10.1. The van der Waals surface area contributed by atoms with Gasteiger partial charge in [0.05, 0.1) is 29.3 Å². The molecule has 0 bridgehead atoms. The highest BCUT2D eigenvalue weighted by atomic mass is 16.1. The van der Waals surface area contributed by atoms with Crippen LogP contribution in [0.25, 0.3) is 16.6 Å². The first-order valence-corrected chi connectivity index (χ1v) is 9.23. The fourth-order valence-corrected chi connectivity index (χ4v) is 3.52. The van der Waals surface area contributed by atoms with Gasteiger partial charge in [0.1, 0.15) is 0 Å². The molecule has 1 N–H and O–H groups in total. The first-order valence-electron chi connectivity index (χ1n) is 9.23. The molecule has 8 nitrogen and oxygen atoms in total. The third kappa shape index (κ3) is 2.93. The van der Waals surface area contributed by atoms with Crippen molar-refractivity contribution >= 4 is 22.3 Å². The maximum absolute atomic E-state index is 12.3. The molecule has 0 radical (unpaired) electrons. The van der Waals surface area contributed by atoms with Crippen LogP contribution in [0.1, 0.15) is 16.7 Å². The molecular weight excluding hydrogens is 368 g/mol. The van der Waals surface area contributed by atoms with Gasteiger partial charge in [0, 0.05) is 42.5 Å². The molecular formula is C21H22N6O2. The van der Waals surface area contributed by atoms with E-state index < -0.39 is 0 Å². The predicted molar refractivity (Wildman–Crippen MR) is 113 cm³/mol. The second kappa shape index (κ2) is 6.73. The van der Waals surface area contributed by atoms with Crippen LogP contribution in [0.3, 0.4) is 0 Å². The molecule has 0 aliphatic heterocycles. The molecule has 0 aliphatic carbocycles. The van der Waals surface area contributed by atoms with Crippen molar-refractivity contribution in [3.05, 3.63) is 74.2 Å².